The number of nitrogens with zero attached hydrogens (tertiary/aromatic N) is 1. The highest BCUT2D eigenvalue weighted by atomic mass is 16.5. The molecule has 3 heteroatoms. The molecule has 2 fully saturated rings. The molecule has 2 saturated heterocycles. The second-order valence-corrected chi connectivity index (χ2v) is 7.05. The van der Waals surface area contributed by atoms with Gasteiger partial charge in [0, 0.05) is 18.6 Å². The first-order valence-corrected chi connectivity index (χ1v) is 8.79. The topological polar surface area (TPSA) is 24.5 Å². The van der Waals surface area contributed by atoms with E-state index in [0.717, 1.165) is 25.6 Å². The van der Waals surface area contributed by atoms with Crippen LogP contribution in [0, 0.1) is 5.92 Å². The highest BCUT2D eigenvalue weighted by Gasteiger charge is 2.35. The largest absolute Gasteiger partial charge is 0.374 e. The maximum absolute atomic E-state index is 6.20. The molecule has 118 valence electrons. The van der Waals surface area contributed by atoms with Gasteiger partial charge in [0.05, 0.1) is 12.7 Å². The van der Waals surface area contributed by atoms with Crippen molar-refractivity contribution in [3.63, 3.8) is 0 Å². The smallest absolute Gasteiger partial charge is 0.0855 e. The van der Waals surface area contributed by atoms with Crippen LogP contribution in [0.5, 0.6) is 0 Å². The molecule has 0 spiro atoms. The van der Waals surface area contributed by atoms with Gasteiger partial charge in [-0.25, -0.2) is 0 Å². The lowest BCUT2D eigenvalue weighted by Gasteiger charge is -2.39. The number of morpholine rings is 1. The number of nitrogens with one attached hydrogen (secondary N) is 1. The predicted octanol–water partition coefficient (Wildman–Crippen LogP) is 3.04. The van der Waals surface area contributed by atoms with Crippen LogP contribution in [-0.4, -0.2) is 49.3 Å². The third-order valence-electron chi connectivity index (χ3n) is 4.82. The van der Waals surface area contributed by atoms with E-state index >= 15 is 0 Å². The van der Waals surface area contributed by atoms with Gasteiger partial charge in [-0.15, -0.1) is 0 Å². The third kappa shape index (κ3) is 4.71. The van der Waals surface area contributed by atoms with Crippen molar-refractivity contribution in [2.24, 2.45) is 5.92 Å². The van der Waals surface area contributed by atoms with Gasteiger partial charge in [-0.2, -0.15) is 0 Å². The predicted molar refractivity (Wildman–Crippen MR) is 85.1 cm³/mol. The highest BCUT2D eigenvalue weighted by molar-refractivity contribution is 4.90. The maximum Gasteiger partial charge on any atom is 0.0855 e. The molecule has 0 radical (unpaired) electrons. The average Bonchev–Trinajstić information content (AvgIpc) is 2.89. The summed E-state index contributed by atoms with van der Waals surface area (Å²) in [6, 6.07) is 1.27. The summed E-state index contributed by atoms with van der Waals surface area (Å²) in [5, 5.41) is 3.74. The second-order valence-electron chi connectivity index (χ2n) is 7.05. The average molecular weight is 282 g/mol. The molecule has 2 aliphatic rings. The van der Waals surface area contributed by atoms with Crippen LogP contribution < -0.4 is 5.32 Å². The summed E-state index contributed by atoms with van der Waals surface area (Å²) in [6.45, 7) is 11.4. The van der Waals surface area contributed by atoms with E-state index < -0.39 is 0 Å². The molecule has 3 nitrogen and oxygen atoms in total. The maximum atomic E-state index is 6.20. The van der Waals surface area contributed by atoms with Crippen LogP contribution in [0.1, 0.15) is 59.3 Å². The van der Waals surface area contributed by atoms with Gasteiger partial charge in [0.1, 0.15) is 0 Å². The summed E-state index contributed by atoms with van der Waals surface area (Å²) in [6.07, 6.45) is 8.24. The van der Waals surface area contributed by atoms with Crippen molar-refractivity contribution in [3.05, 3.63) is 0 Å². The minimum Gasteiger partial charge on any atom is -0.374 e. The number of rotatable bonds is 8. The van der Waals surface area contributed by atoms with Crippen molar-refractivity contribution in [3.8, 4) is 0 Å². The van der Waals surface area contributed by atoms with Crippen LogP contribution in [-0.2, 0) is 4.74 Å². The van der Waals surface area contributed by atoms with Crippen molar-refractivity contribution in [2.45, 2.75) is 77.5 Å². The lowest BCUT2D eigenvalue weighted by molar-refractivity contribution is -0.0659. The molecule has 3 atom stereocenters. The van der Waals surface area contributed by atoms with Crippen LogP contribution in [0.2, 0.25) is 0 Å². The van der Waals surface area contributed by atoms with Gasteiger partial charge in [-0.1, -0.05) is 33.6 Å². The van der Waals surface area contributed by atoms with Gasteiger partial charge in [0.25, 0.3) is 0 Å². The minimum atomic E-state index is 0.406. The van der Waals surface area contributed by atoms with E-state index in [2.05, 4.69) is 31.0 Å². The summed E-state index contributed by atoms with van der Waals surface area (Å²) in [5.74, 6) is 0.817. The fourth-order valence-electron chi connectivity index (χ4n) is 3.58. The van der Waals surface area contributed by atoms with E-state index in [-0.39, 0.29) is 0 Å². The van der Waals surface area contributed by atoms with Gasteiger partial charge in [0.15, 0.2) is 0 Å². The monoisotopic (exact) mass is 282 g/mol. The molecular formula is C17H34N2O. The van der Waals surface area contributed by atoms with E-state index in [9.17, 15) is 0 Å². The first kappa shape index (κ1) is 16.3. The van der Waals surface area contributed by atoms with Crippen molar-refractivity contribution in [1.82, 2.24) is 10.2 Å². The Balaban J connectivity index is 1.81. The Morgan fingerprint density at radius 2 is 2.15 bits per heavy atom. The number of hydrogen-bond donors (Lipinski definition) is 1. The molecular weight excluding hydrogens is 248 g/mol. The fourth-order valence-corrected chi connectivity index (χ4v) is 3.58. The summed E-state index contributed by atoms with van der Waals surface area (Å²) in [4.78, 5) is 2.66. The Hall–Kier alpha value is -0.120. The Kier molecular flexibility index (Phi) is 6.79. The van der Waals surface area contributed by atoms with Crippen molar-refractivity contribution in [2.75, 3.05) is 26.2 Å². The molecule has 0 aromatic heterocycles. The molecule has 3 unspecified atom stereocenters. The van der Waals surface area contributed by atoms with E-state index in [1.807, 2.05) is 0 Å². The molecule has 0 amide bonds. The summed E-state index contributed by atoms with van der Waals surface area (Å²) in [5.41, 5.74) is 0. The lowest BCUT2D eigenvalue weighted by atomic mass is 9.98. The van der Waals surface area contributed by atoms with E-state index in [1.54, 1.807) is 0 Å². The Morgan fingerprint density at radius 1 is 1.30 bits per heavy atom. The van der Waals surface area contributed by atoms with Crippen LogP contribution in [0.25, 0.3) is 0 Å². The molecule has 0 bridgehead atoms. The fraction of sp³-hybridized carbons (Fsp3) is 1.00. The van der Waals surface area contributed by atoms with Crippen LogP contribution >= 0.6 is 0 Å². The number of fused-ring (bicyclic) bond motifs is 1. The summed E-state index contributed by atoms with van der Waals surface area (Å²) in [7, 11) is 0. The van der Waals surface area contributed by atoms with Crippen LogP contribution in [0.3, 0.4) is 0 Å². The Labute approximate surface area is 125 Å². The first-order valence-electron chi connectivity index (χ1n) is 8.79. The van der Waals surface area contributed by atoms with Crippen molar-refractivity contribution < 1.29 is 4.74 Å². The number of ether oxygens (including phenoxy) is 1. The highest BCUT2D eigenvalue weighted by Crippen LogP contribution is 2.25. The van der Waals surface area contributed by atoms with Gasteiger partial charge in [-0.3, -0.25) is 4.90 Å². The molecule has 2 aliphatic heterocycles. The van der Waals surface area contributed by atoms with E-state index in [0.29, 0.717) is 18.2 Å². The Morgan fingerprint density at radius 3 is 2.90 bits per heavy atom. The van der Waals surface area contributed by atoms with E-state index in [4.69, 9.17) is 4.74 Å². The minimum absolute atomic E-state index is 0.406. The lowest BCUT2D eigenvalue weighted by Crippen LogP contribution is -2.54. The Bertz CT molecular complexity index is 270. The second kappa shape index (κ2) is 8.35. The molecule has 1 N–H and O–H groups in total. The van der Waals surface area contributed by atoms with Crippen LogP contribution in [0.4, 0.5) is 0 Å². The zero-order valence-corrected chi connectivity index (χ0v) is 13.7. The van der Waals surface area contributed by atoms with Gasteiger partial charge < -0.3 is 10.1 Å². The molecule has 0 saturated carbocycles. The first-order chi connectivity index (χ1) is 9.70. The standard InChI is InChI=1S/C17H34N2O/c1-4-10-18-16(9-5-7-14(2)3)17-12-19-11-6-8-15(19)13-20-17/h14-18H,4-13H2,1-3H3. The molecule has 0 aliphatic carbocycles. The van der Waals surface area contributed by atoms with Gasteiger partial charge in [0.2, 0.25) is 0 Å². The van der Waals surface area contributed by atoms with Crippen LogP contribution in [0.15, 0.2) is 0 Å². The summed E-state index contributed by atoms with van der Waals surface area (Å²) < 4.78 is 6.20. The molecule has 0 aromatic rings. The zero-order valence-electron chi connectivity index (χ0n) is 13.7. The van der Waals surface area contributed by atoms with Crippen molar-refractivity contribution in [1.29, 1.82) is 0 Å². The molecule has 2 heterocycles. The van der Waals surface area contributed by atoms with E-state index in [1.165, 1.54) is 45.1 Å². The SMILES string of the molecule is CCCNC(CCCC(C)C)C1CN2CCCC2CO1. The van der Waals surface area contributed by atoms with Gasteiger partial charge in [-0.05, 0) is 44.7 Å². The normalized spacial score (nSPS) is 28.8. The van der Waals surface area contributed by atoms with Gasteiger partial charge >= 0.3 is 0 Å². The molecule has 2 rings (SSSR count). The quantitative estimate of drug-likeness (QED) is 0.740. The van der Waals surface area contributed by atoms with Crippen molar-refractivity contribution >= 4 is 0 Å². The summed E-state index contributed by atoms with van der Waals surface area (Å²) >= 11 is 0. The molecule has 20 heavy (non-hydrogen) atoms. The third-order valence-corrected chi connectivity index (χ3v) is 4.82. The number of hydrogen-bond acceptors (Lipinski definition) is 3. The molecule has 0 aromatic carbocycles. The zero-order chi connectivity index (χ0) is 14.4.